The normalized spacial score (nSPS) is 11.4. The van der Waals surface area contributed by atoms with Crippen LogP contribution in [0.5, 0.6) is 0 Å². The van der Waals surface area contributed by atoms with Gasteiger partial charge in [-0.05, 0) is 17.9 Å². The molecule has 0 fully saturated rings. The first-order valence-electron chi connectivity index (χ1n) is 6.91. The first-order valence-corrected chi connectivity index (χ1v) is 7.86. The molecule has 108 valence electrons. The van der Waals surface area contributed by atoms with Gasteiger partial charge in [0, 0.05) is 23.4 Å². The summed E-state index contributed by atoms with van der Waals surface area (Å²) in [6.07, 6.45) is 1.07. The zero-order chi connectivity index (χ0) is 14.6. The van der Waals surface area contributed by atoms with Crippen molar-refractivity contribution in [2.75, 3.05) is 17.2 Å². The average Bonchev–Trinajstić information content (AvgIpc) is 2.88. The van der Waals surface area contributed by atoms with E-state index in [0.717, 1.165) is 36.1 Å². The minimum atomic E-state index is -0.0744. The Morgan fingerprint density at radius 3 is 2.55 bits per heavy atom. The average molecular weight is 290 g/mol. The van der Waals surface area contributed by atoms with Crippen LogP contribution in [0.25, 0.3) is 0 Å². The lowest BCUT2D eigenvalue weighted by Gasteiger charge is -2.19. The van der Waals surface area contributed by atoms with Crippen LogP contribution in [0.4, 0.5) is 17.3 Å². The number of hydrogen-bond acceptors (Lipinski definition) is 5. The van der Waals surface area contributed by atoms with E-state index in [2.05, 4.69) is 53.7 Å². The second-order valence-corrected chi connectivity index (χ2v) is 6.56. The van der Waals surface area contributed by atoms with Gasteiger partial charge in [-0.2, -0.15) is 11.3 Å². The lowest BCUT2D eigenvalue weighted by Crippen LogP contribution is -2.18. The van der Waals surface area contributed by atoms with Gasteiger partial charge in [0.05, 0.1) is 5.69 Å². The molecule has 0 amide bonds. The summed E-state index contributed by atoms with van der Waals surface area (Å²) in [6, 6.07) is 4.01. The molecule has 2 rings (SSSR count). The molecule has 0 unspecified atom stereocenters. The highest BCUT2D eigenvalue weighted by Gasteiger charge is 2.19. The molecule has 2 aromatic rings. The van der Waals surface area contributed by atoms with Crippen LogP contribution in [-0.2, 0) is 5.41 Å². The zero-order valence-corrected chi connectivity index (χ0v) is 13.3. The Morgan fingerprint density at radius 2 is 1.95 bits per heavy atom. The second kappa shape index (κ2) is 6.22. The summed E-state index contributed by atoms with van der Waals surface area (Å²) < 4.78 is 0. The number of hydrogen-bond donors (Lipinski definition) is 2. The van der Waals surface area contributed by atoms with E-state index in [4.69, 9.17) is 0 Å². The number of anilines is 3. The summed E-state index contributed by atoms with van der Waals surface area (Å²) in [5.41, 5.74) is 0.990. The van der Waals surface area contributed by atoms with Gasteiger partial charge in [0.2, 0.25) is 0 Å². The Balaban J connectivity index is 2.29. The third-order valence-electron chi connectivity index (χ3n) is 2.75. The molecular weight excluding hydrogens is 268 g/mol. The fourth-order valence-electron chi connectivity index (χ4n) is 1.67. The van der Waals surface area contributed by atoms with E-state index in [-0.39, 0.29) is 5.41 Å². The molecule has 0 bridgehead atoms. The lowest BCUT2D eigenvalue weighted by atomic mass is 9.96. The topological polar surface area (TPSA) is 49.8 Å². The molecule has 2 N–H and O–H groups in total. The van der Waals surface area contributed by atoms with Gasteiger partial charge in [-0.1, -0.05) is 27.7 Å². The molecule has 0 radical (unpaired) electrons. The third kappa shape index (κ3) is 3.93. The number of thiophene rings is 1. The van der Waals surface area contributed by atoms with Crippen molar-refractivity contribution in [3.05, 3.63) is 28.7 Å². The lowest BCUT2D eigenvalue weighted by molar-refractivity contribution is 0.547. The summed E-state index contributed by atoms with van der Waals surface area (Å²) >= 11 is 1.67. The standard InChI is InChI=1S/C15H22N4S/c1-5-7-16-12-9-13(17-11-6-8-20-10-11)19-14(18-12)15(2,3)4/h6,8-10H,5,7H2,1-4H3,(H2,16,17,18,19). The second-order valence-electron chi connectivity index (χ2n) is 5.78. The molecule has 5 heteroatoms. The number of nitrogens with zero attached hydrogens (tertiary/aromatic N) is 2. The van der Waals surface area contributed by atoms with Gasteiger partial charge in [-0.3, -0.25) is 0 Å². The maximum absolute atomic E-state index is 4.63. The molecule has 0 aromatic carbocycles. The molecule has 2 heterocycles. The Bertz CT molecular complexity index is 543. The number of aromatic nitrogens is 2. The quantitative estimate of drug-likeness (QED) is 0.857. The van der Waals surface area contributed by atoms with Crippen molar-refractivity contribution in [2.45, 2.75) is 39.5 Å². The van der Waals surface area contributed by atoms with Crippen LogP contribution in [0, 0.1) is 0 Å². The third-order valence-corrected chi connectivity index (χ3v) is 3.43. The van der Waals surface area contributed by atoms with E-state index in [0.29, 0.717) is 0 Å². The summed E-state index contributed by atoms with van der Waals surface area (Å²) in [6.45, 7) is 9.43. The van der Waals surface area contributed by atoms with Crippen LogP contribution in [0.2, 0.25) is 0 Å². The Morgan fingerprint density at radius 1 is 1.20 bits per heavy atom. The highest BCUT2D eigenvalue weighted by atomic mass is 32.1. The number of nitrogens with one attached hydrogen (secondary N) is 2. The monoisotopic (exact) mass is 290 g/mol. The van der Waals surface area contributed by atoms with E-state index in [9.17, 15) is 0 Å². The van der Waals surface area contributed by atoms with E-state index in [1.165, 1.54) is 0 Å². The summed E-state index contributed by atoms with van der Waals surface area (Å²) in [5, 5.41) is 10.8. The largest absolute Gasteiger partial charge is 0.370 e. The maximum atomic E-state index is 4.63. The van der Waals surface area contributed by atoms with Gasteiger partial charge < -0.3 is 10.6 Å². The van der Waals surface area contributed by atoms with Gasteiger partial charge in [0.1, 0.15) is 17.5 Å². The van der Waals surface area contributed by atoms with Crippen molar-refractivity contribution < 1.29 is 0 Å². The van der Waals surface area contributed by atoms with Gasteiger partial charge in [-0.25, -0.2) is 9.97 Å². The predicted molar refractivity (Wildman–Crippen MR) is 87.1 cm³/mol. The van der Waals surface area contributed by atoms with Crippen molar-refractivity contribution in [3.63, 3.8) is 0 Å². The SMILES string of the molecule is CCCNc1cc(Nc2ccsc2)nc(C(C)(C)C)n1. The van der Waals surface area contributed by atoms with Gasteiger partial charge in [0.15, 0.2) is 0 Å². The van der Waals surface area contributed by atoms with Gasteiger partial charge >= 0.3 is 0 Å². The summed E-state index contributed by atoms with van der Waals surface area (Å²) in [7, 11) is 0. The van der Waals surface area contributed by atoms with Crippen molar-refractivity contribution in [3.8, 4) is 0 Å². The van der Waals surface area contributed by atoms with Crippen molar-refractivity contribution >= 4 is 28.7 Å². The first kappa shape index (κ1) is 14.8. The van der Waals surface area contributed by atoms with Crippen molar-refractivity contribution in [1.82, 2.24) is 9.97 Å². The molecule has 20 heavy (non-hydrogen) atoms. The van der Waals surface area contributed by atoms with Gasteiger partial charge in [0.25, 0.3) is 0 Å². The van der Waals surface area contributed by atoms with Crippen LogP contribution >= 0.6 is 11.3 Å². The summed E-state index contributed by atoms with van der Waals surface area (Å²) in [5.74, 6) is 2.56. The highest BCUT2D eigenvalue weighted by Crippen LogP contribution is 2.24. The Kier molecular flexibility index (Phi) is 4.60. The Labute approximate surface area is 124 Å². The van der Waals surface area contributed by atoms with E-state index >= 15 is 0 Å². The molecule has 0 saturated heterocycles. The van der Waals surface area contributed by atoms with Crippen LogP contribution in [0.15, 0.2) is 22.9 Å². The van der Waals surface area contributed by atoms with E-state index in [1.807, 2.05) is 17.5 Å². The summed E-state index contributed by atoms with van der Waals surface area (Å²) in [4.78, 5) is 9.24. The van der Waals surface area contributed by atoms with Crippen LogP contribution in [0.1, 0.15) is 39.9 Å². The molecule has 2 aromatic heterocycles. The molecule has 0 aliphatic rings. The van der Waals surface area contributed by atoms with Crippen LogP contribution in [-0.4, -0.2) is 16.5 Å². The van der Waals surface area contributed by atoms with Crippen molar-refractivity contribution in [2.24, 2.45) is 0 Å². The van der Waals surface area contributed by atoms with Crippen LogP contribution in [0.3, 0.4) is 0 Å². The number of rotatable bonds is 5. The van der Waals surface area contributed by atoms with E-state index < -0.39 is 0 Å². The minimum Gasteiger partial charge on any atom is -0.370 e. The van der Waals surface area contributed by atoms with Gasteiger partial charge in [-0.15, -0.1) is 0 Å². The molecular formula is C15H22N4S. The molecule has 0 spiro atoms. The van der Waals surface area contributed by atoms with Crippen LogP contribution < -0.4 is 10.6 Å². The van der Waals surface area contributed by atoms with Crippen molar-refractivity contribution in [1.29, 1.82) is 0 Å². The molecule has 0 aliphatic heterocycles. The fraction of sp³-hybridized carbons (Fsp3) is 0.467. The first-order chi connectivity index (χ1) is 9.49. The zero-order valence-electron chi connectivity index (χ0n) is 12.5. The smallest absolute Gasteiger partial charge is 0.138 e. The molecule has 0 aliphatic carbocycles. The molecule has 4 nitrogen and oxygen atoms in total. The fourth-order valence-corrected chi connectivity index (χ4v) is 2.26. The minimum absolute atomic E-state index is 0.0744. The Hall–Kier alpha value is -1.62. The highest BCUT2D eigenvalue weighted by molar-refractivity contribution is 7.08. The molecule has 0 saturated carbocycles. The van der Waals surface area contributed by atoms with E-state index in [1.54, 1.807) is 11.3 Å². The maximum Gasteiger partial charge on any atom is 0.138 e. The molecule has 0 atom stereocenters. The predicted octanol–water partition coefficient (Wildman–Crippen LogP) is 4.40.